The molecule has 2 unspecified atom stereocenters. The SMILES string of the molecule is CC(C)=C1C=CC(NN)(OCC2CO2)N=N1. The van der Waals surface area contributed by atoms with Crippen LogP contribution >= 0.6 is 0 Å². The minimum Gasteiger partial charge on any atom is -0.371 e. The first-order valence-electron chi connectivity index (χ1n) is 5.18. The van der Waals surface area contributed by atoms with E-state index in [1.54, 1.807) is 6.08 Å². The molecule has 2 rings (SSSR count). The normalized spacial score (nSPS) is 31.9. The van der Waals surface area contributed by atoms with E-state index in [4.69, 9.17) is 15.3 Å². The van der Waals surface area contributed by atoms with Crippen molar-refractivity contribution < 1.29 is 9.47 Å². The molecule has 0 spiro atoms. The van der Waals surface area contributed by atoms with Gasteiger partial charge in [0.2, 0.25) is 0 Å². The highest BCUT2D eigenvalue weighted by Gasteiger charge is 2.33. The summed E-state index contributed by atoms with van der Waals surface area (Å²) < 4.78 is 10.6. The summed E-state index contributed by atoms with van der Waals surface area (Å²) in [5.41, 5.74) is 4.44. The Hall–Kier alpha value is -1.08. The largest absolute Gasteiger partial charge is 0.371 e. The van der Waals surface area contributed by atoms with Crippen LogP contribution in [0.15, 0.2) is 33.7 Å². The highest BCUT2D eigenvalue weighted by Crippen LogP contribution is 2.23. The number of hydrogen-bond donors (Lipinski definition) is 2. The maximum atomic E-state index is 5.54. The maximum Gasteiger partial charge on any atom is 0.268 e. The monoisotopic (exact) mass is 224 g/mol. The van der Waals surface area contributed by atoms with Crippen molar-refractivity contribution in [2.45, 2.75) is 25.8 Å². The molecule has 0 aromatic rings. The molecule has 0 aliphatic carbocycles. The van der Waals surface area contributed by atoms with E-state index in [1.165, 1.54) is 0 Å². The van der Waals surface area contributed by atoms with E-state index in [-0.39, 0.29) is 6.10 Å². The lowest BCUT2D eigenvalue weighted by molar-refractivity contribution is -0.0398. The molecule has 0 amide bonds. The van der Waals surface area contributed by atoms with Gasteiger partial charge >= 0.3 is 0 Å². The molecular weight excluding hydrogens is 208 g/mol. The Balaban J connectivity index is 2.03. The smallest absolute Gasteiger partial charge is 0.268 e. The van der Waals surface area contributed by atoms with E-state index in [1.807, 2.05) is 19.9 Å². The fourth-order valence-corrected chi connectivity index (χ4v) is 1.23. The van der Waals surface area contributed by atoms with Crippen molar-refractivity contribution >= 4 is 0 Å². The first kappa shape index (κ1) is 11.4. The average Bonchev–Trinajstić information content (AvgIpc) is 3.11. The number of azo groups is 1. The third kappa shape index (κ3) is 2.53. The summed E-state index contributed by atoms with van der Waals surface area (Å²) in [6, 6.07) is 0. The van der Waals surface area contributed by atoms with Gasteiger partial charge in [-0.05, 0) is 31.6 Å². The van der Waals surface area contributed by atoms with E-state index in [0.717, 1.165) is 17.9 Å². The number of ether oxygens (including phenoxy) is 2. The van der Waals surface area contributed by atoms with Gasteiger partial charge in [0.25, 0.3) is 5.85 Å². The predicted octanol–water partition coefficient (Wildman–Crippen LogP) is 0.835. The van der Waals surface area contributed by atoms with Gasteiger partial charge in [-0.1, -0.05) is 0 Å². The van der Waals surface area contributed by atoms with Crippen LogP contribution in [0, 0.1) is 0 Å². The van der Waals surface area contributed by atoms with Gasteiger partial charge in [-0.15, -0.1) is 5.11 Å². The van der Waals surface area contributed by atoms with Crippen LogP contribution in [-0.2, 0) is 9.47 Å². The molecule has 16 heavy (non-hydrogen) atoms. The molecule has 3 N–H and O–H groups in total. The molecule has 88 valence electrons. The van der Waals surface area contributed by atoms with Crippen molar-refractivity contribution in [3.05, 3.63) is 23.4 Å². The Kier molecular flexibility index (Phi) is 3.15. The highest BCUT2D eigenvalue weighted by molar-refractivity contribution is 5.26. The number of nitrogens with one attached hydrogen (secondary N) is 1. The van der Waals surface area contributed by atoms with Crippen molar-refractivity contribution in [3.8, 4) is 0 Å². The summed E-state index contributed by atoms with van der Waals surface area (Å²) in [6.45, 7) is 5.14. The molecule has 6 nitrogen and oxygen atoms in total. The van der Waals surface area contributed by atoms with Crippen molar-refractivity contribution in [1.29, 1.82) is 0 Å². The lowest BCUT2D eigenvalue weighted by atomic mass is 10.2. The fourth-order valence-electron chi connectivity index (χ4n) is 1.23. The zero-order valence-electron chi connectivity index (χ0n) is 9.43. The third-order valence-electron chi connectivity index (χ3n) is 2.38. The zero-order valence-corrected chi connectivity index (χ0v) is 9.43. The van der Waals surface area contributed by atoms with Crippen LogP contribution in [0.1, 0.15) is 13.8 Å². The Morgan fingerprint density at radius 1 is 1.75 bits per heavy atom. The molecule has 1 fully saturated rings. The standard InChI is InChI=1S/C10H16N4O2/c1-7(2)9-3-4-10(13-11,14-12-9)16-6-8-5-15-8/h3-4,8,13H,5-6,11H2,1-2H3. The Bertz CT molecular complexity index is 338. The number of epoxide rings is 1. The quantitative estimate of drug-likeness (QED) is 0.320. The first-order chi connectivity index (χ1) is 7.65. The summed E-state index contributed by atoms with van der Waals surface area (Å²) in [5, 5.41) is 8.11. The molecule has 0 aromatic carbocycles. The Morgan fingerprint density at radius 2 is 2.50 bits per heavy atom. The number of nitrogens with zero attached hydrogens (tertiary/aromatic N) is 2. The second-order valence-electron chi connectivity index (χ2n) is 4.03. The molecule has 0 radical (unpaired) electrons. The molecule has 0 bridgehead atoms. The van der Waals surface area contributed by atoms with Gasteiger partial charge in [0.15, 0.2) is 0 Å². The zero-order chi connectivity index (χ0) is 11.6. The fraction of sp³-hybridized carbons (Fsp3) is 0.600. The second kappa shape index (κ2) is 4.42. The number of hydrazine groups is 1. The maximum absolute atomic E-state index is 5.54. The van der Waals surface area contributed by atoms with E-state index < -0.39 is 5.85 Å². The van der Waals surface area contributed by atoms with Crippen molar-refractivity contribution in [2.75, 3.05) is 13.2 Å². The topological polar surface area (TPSA) is 84.5 Å². The third-order valence-corrected chi connectivity index (χ3v) is 2.38. The van der Waals surface area contributed by atoms with Gasteiger partial charge in [0.05, 0.1) is 18.9 Å². The second-order valence-corrected chi connectivity index (χ2v) is 4.03. The summed E-state index contributed by atoms with van der Waals surface area (Å²) in [4.78, 5) is 0. The molecule has 2 atom stereocenters. The lowest BCUT2D eigenvalue weighted by Gasteiger charge is -2.26. The van der Waals surface area contributed by atoms with E-state index in [2.05, 4.69) is 15.7 Å². The van der Waals surface area contributed by atoms with Gasteiger partial charge in [0, 0.05) is 0 Å². The molecule has 0 saturated carbocycles. The number of nitrogens with two attached hydrogens (primary N) is 1. The minimum absolute atomic E-state index is 0.165. The van der Waals surface area contributed by atoms with E-state index >= 15 is 0 Å². The summed E-state index contributed by atoms with van der Waals surface area (Å²) >= 11 is 0. The summed E-state index contributed by atoms with van der Waals surface area (Å²) in [7, 11) is 0. The van der Waals surface area contributed by atoms with Gasteiger partial charge in [0.1, 0.15) is 6.10 Å². The molecule has 2 aliphatic rings. The first-order valence-corrected chi connectivity index (χ1v) is 5.18. The van der Waals surface area contributed by atoms with Gasteiger partial charge < -0.3 is 9.47 Å². The van der Waals surface area contributed by atoms with Crippen molar-refractivity contribution in [1.82, 2.24) is 5.43 Å². The molecule has 6 heteroatoms. The summed E-state index contributed by atoms with van der Waals surface area (Å²) in [5.74, 6) is 4.38. The number of rotatable bonds is 4. The minimum atomic E-state index is -1.05. The lowest BCUT2D eigenvalue weighted by Crippen LogP contribution is -2.49. The summed E-state index contributed by atoms with van der Waals surface area (Å²) in [6.07, 6.45) is 3.76. The predicted molar refractivity (Wildman–Crippen MR) is 58.1 cm³/mol. The molecule has 2 heterocycles. The molecule has 2 aliphatic heterocycles. The number of allylic oxidation sites excluding steroid dienone is 2. The van der Waals surface area contributed by atoms with Crippen molar-refractivity contribution in [2.24, 2.45) is 16.1 Å². The number of hydrogen-bond acceptors (Lipinski definition) is 6. The van der Waals surface area contributed by atoms with E-state index in [9.17, 15) is 0 Å². The van der Waals surface area contributed by atoms with Crippen LogP contribution in [0.5, 0.6) is 0 Å². The van der Waals surface area contributed by atoms with Crippen molar-refractivity contribution in [3.63, 3.8) is 0 Å². The van der Waals surface area contributed by atoms with E-state index in [0.29, 0.717) is 6.61 Å². The van der Waals surface area contributed by atoms with Crippen LogP contribution in [0.25, 0.3) is 0 Å². The highest BCUT2D eigenvalue weighted by atomic mass is 16.6. The van der Waals surface area contributed by atoms with Gasteiger partial charge in [-0.2, -0.15) is 5.11 Å². The van der Waals surface area contributed by atoms with Gasteiger partial charge in [-0.25, -0.2) is 5.43 Å². The molecule has 1 saturated heterocycles. The van der Waals surface area contributed by atoms with Crippen LogP contribution in [0.3, 0.4) is 0 Å². The van der Waals surface area contributed by atoms with Crippen LogP contribution < -0.4 is 11.3 Å². The Labute approximate surface area is 94.2 Å². The van der Waals surface area contributed by atoms with Crippen LogP contribution in [0.2, 0.25) is 0 Å². The molecular formula is C10H16N4O2. The van der Waals surface area contributed by atoms with Gasteiger partial charge in [-0.3, -0.25) is 5.84 Å². The average molecular weight is 224 g/mol. The molecule has 0 aromatic heterocycles. The Morgan fingerprint density at radius 3 is 2.94 bits per heavy atom. The van der Waals surface area contributed by atoms with Crippen LogP contribution in [-0.4, -0.2) is 25.2 Å². The van der Waals surface area contributed by atoms with Crippen LogP contribution in [0.4, 0.5) is 0 Å².